The maximum Gasteiger partial charge on any atom is 0.338 e. The van der Waals surface area contributed by atoms with Crippen LogP contribution in [-0.2, 0) is 9.53 Å². The van der Waals surface area contributed by atoms with E-state index in [0.29, 0.717) is 25.3 Å². The highest BCUT2D eigenvalue weighted by atomic mass is 16.5. The molecular formula is C21H29N3O3. The fourth-order valence-corrected chi connectivity index (χ4v) is 3.88. The molecule has 2 aliphatic heterocycles. The second-order valence-corrected chi connectivity index (χ2v) is 6.96. The van der Waals surface area contributed by atoms with Gasteiger partial charge in [-0.1, -0.05) is 36.8 Å². The zero-order valence-corrected chi connectivity index (χ0v) is 16.2. The Balaban J connectivity index is 2.05. The number of likely N-dealkylation sites (N-methyl/N-ethyl adjacent to an activating group) is 1. The normalized spacial score (nSPS) is 21.2. The molecule has 1 aromatic rings. The Labute approximate surface area is 161 Å². The number of nitrogens with one attached hydrogen (secondary N) is 1. The van der Waals surface area contributed by atoms with Crippen molar-refractivity contribution >= 4 is 12.0 Å². The van der Waals surface area contributed by atoms with Crippen molar-refractivity contribution in [1.29, 1.82) is 0 Å². The standard InChI is InChI=1S/C21H29N3O3/c1-3-24-17(15-23-13-9-6-10-14-23)18(20(25)27-4-2)19(22-21(24)26)16-11-7-5-8-12-16/h5,7-8,11-12,19H,3-4,6,9-10,13-15H2,1-2H3,(H,22,26). The second-order valence-electron chi connectivity index (χ2n) is 6.96. The Hall–Kier alpha value is -2.34. The molecule has 3 rings (SSSR count). The minimum absolute atomic E-state index is 0.161. The number of hydrogen-bond donors (Lipinski definition) is 1. The summed E-state index contributed by atoms with van der Waals surface area (Å²) in [7, 11) is 0. The molecule has 1 atom stereocenters. The maximum atomic E-state index is 12.9. The molecule has 1 N–H and O–H groups in total. The lowest BCUT2D eigenvalue weighted by Crippen LogP contribution is -2.51. The number of benzene rings is 1. The number of amides is 2. The van der Waals surface area contributed by atoms with Gasteiger partial charge in [-0.25, -0.2) is 9.59 Å². The summed E-state index contributed by atoms with van der Waals surface area (Å²) in [6, 6.07) is 8.98. The molecule has 1 aromatic carbocycles. The molecule has 1 unspecified atom stereocenters. The lowest BCUT2D eigenvalue weighted by atomic mass is 9.94. The molecular weight excluding hydrogens is 342 g/mol. The summed E-state index contributed by atoms with van der Waals surface area (Å²) >= 11 is 0. The summed E-state index contributed by atoms with van der Waals surface area (Å²) in [5, 5.41) is 3.00. The molecule has 2 heterocycles. The zero-order chi connectivity index (χ0) is 19.2. The molecule has 2 amide bonds. The van der Waals surface area contributed by atoms with E-state index in [2.05, 4.69) is 10.2 Å². The van der Waals surface area contributed by atoms with Crippen molar-refractivity contribution in [3.63, 3.8) is 0 Å². The minimum atomic E-state index is -0.486. The average molecular weight is 371 g/mol. The van der Waals surface area contributed by atoms with E-state index >= 15 is 0 Å². The van der Waals surface area contributed by atoms with Gasteiger partial charge in [-0.2, -0.15) is 0 Å². The van der Waals surface area contributed by atoms with Crippen molar-refractivity contribution in [2.45, 2.75) is 39.2 Å². The fourth-order valence-electron chi connectivity index (χ4n) is 3.88. The number of nitrogens with zero attached hydrogens (tertiary/aromatic N) is 2. The number of carbonyl (C=O) groups excluding carboxylic acids is 2. The largest absolute Gasteiger partial charge is 0.463 e. The highest BCUT2D eigenvalue weighted by Gasteiger charge is 2.38. The third kappa shape index (κ3) is 4.33. The van der Waals surface area contributed by atoms with Crippen molar-refractivity contribution < 1.29 is 14.3 Å². The van der Waals surface area contributed by atoms with Crippen LogP contribution in [0, 0.1) is 0 Å². The van der Waals surface area contributed by atoms with E-state index in [4.69, 9.17) is 4.74 Å². The van der Waals surface area contributed by atoms with Crippen molar-refractivity contribution in [1.82, 2.24) is 15.1 Å². The fraction of sp³-hybridized carbons (Fsp3) is 0.524. The quantitative estimate of drug-likeness (QED) is 0.781. The van der Waals surface area contributed by atoms with E-state index in [9.17, 15) is 9.59 Å². The molecule has 27 heavy (non-hydrogen) atoms. The predicted molar refractivity (Wildman–Crippen MR) is 104 cm³/mol. The van der Waals surface area contributed by atoms with Crippen molar-refractivity contribution in [3.8, 4) is 0 Å². The summed E-state index contributed by atoms with van der Waals surface area (Å²) in [4.78, 5) is 29.7. The number of hydrogen-bond acceptors (Lipinski definition) is 4. The first-order valence-corrected chi connectivity index (χ1v) is 9.91. The third-order valence-electron chi connectivity index (χ3n) is 5.20. The Morgan fingerprint density at radius 1 is 1.15 bits per heavy atom. The van der Waals surface area contributed by atoms with Gasteiger partial charge in [0.2, 0.25) is 0 Å². The van der Waals surface area contributed by atoms with E-state index in [1.807, 2.05) is 37.3 Å². The molecule has 0 saturated carbocycles. The van der Waals surface area contributed by atoms with Crippen LogP contribution in [0.1, 0.15) is 44.7 Å². The van der Waals surface area contributed by atoms with Crippen molar-refractivity contribution in [3.05, 3.63) is 47.2 Å². The highest BCUT2D eigenvalue weighted by Crippen LogP contribution is 2.32. The molecule has 0 aromatic heterocycles. The monoisotopic (exact) mass is 371 g/mol. The number of likely N-dealkylation sites (tertiary alicyclic amines) is 1. The molecule has 0 bridgehead atoms. The SMILES string of the molecule is CCOC(=O)C1=C(CN2CCCCC2)N(CC)C(=O)NC1c1ccccc1. The van der Waals surface area contributed by atoms with E-state index in [-0.39, 0.29) is 12.0 Å². The van der Waals surface area contributed by atoms with Crippen LogP contribution in [0.2, 0.25) is 0 Å². The molecule has 1 saturated heterocycles. The van der Waals surface area contributed by atoms with Gasteiger partial charge < -0.3 is 10.1 Å². The molecule has 6 heteroatoms. The van der Waals surface area contributed by atoms with Gasteiger partial charge in [0.25, 0.3) is 0 Å². The molecule has 0 aliphatic carbocycles. The van der Waals surface area contributed by atoms with Gasteiger partial charge in [-0.05, 0) is 45.3 Å². The first-order chi connectivity index (χ1) is 13.2. The van der Waals surface area contributed by atoms with E-state index in [1.54, 1.807) is 11.8 Å². The number of rotatable bonds is 6. The van der Waals surface area contributed by atoms with E-state index in [0.717, 1.165) is 37.2 Å². The van der Waals surface area contributed by atoms with Gasteiger partial charge in [-0.3, -0.25) is 9.80 Å². The summed E-state index contributed by atoms with van der Waals surface area (Å²) in [6.07, 6.45) is 3.55. The Bertz CT molecular complexity index is 696. The van der Waals surface area contributed by atoms with Gasteiger partial charge in [-0.15, -0.1) is 0 Å². The van der Waals surface area contributed by atoms with Crippen LogP contribution in [0.15, 0.2) is 41.6 Å². The average Bonchev–Trinajstić information content (AvgIpc) is 2.69. The number of carbonyl (C=O) groups is 2. The number of urea groups is 1. The first-order valence-electron chi connectivity index (χ1n) is 9.91. The number of esters is 1. The van der Waals surface area contributed by atoms with Crippen LogP contribution < -0.4 is 5.32 Å². The summed E-state index contributed by atoms with van der Waals surface area (Å²) in [6.45, 7) is 7.14. The van der Waals surface area contributed by atoms with Crippen LogP contribution in [-0.4, -0.2) is 54.6 Å². The molecule has 0 spiro atoms. The van der Waals surface area contributed by atoms with E-state index in [1.165, 1.54) is 6.42 Å². The highest BCUT2D eigenvalue weighted by molar-refractivity contribution is 5.95. The Morgan fingerprint density at radius 2 is 1.85 bits per heavy atom. The summed E-state index contributed by atoms with van der Waals surface area (Å²) in [5.74, 6) is -0.350. The zero-order valence-electron chi connectivity index (χ0n) is 16.2. The van der Waals surface area contributed by atoms with Gasteiger partial charge >= 0.3 is 12.0 Å². The topological polar surface area (TPSA) is 61.9 Å². The van der Waals surface area contributed by atoms with Crippen LogP contribution in [0.3, 0.4) is 0 Å². The molecule has 0 radical (unpaired) electrons. The summed E-state index contributed by atoms with van der Waals surface area (Å²) < 4.78 is 5.39. The third-order valence-corrected chi connectivity index (χ3v) is 5.20. The molecule has 1 fully saturated rings. The molecule has 146 valence electrons. The number of ether oxygens (including phenoxy) is 1. The molecule has 2 aliphatic rings. The lowest BCUT2D eigenvalue weighted by molar-refractivity contribution is -0.139. The van der Waals surface area contributed by atoms with Gasteiger partial charge in [0.15, 0.2) is 0 Å². The summed E-state index contributed by atoms with van der Waals surface area (Å²) in [5.41, 5.74) is 2.21. The predicted octanol–water partition coefficient (Wildman–Crippen LogP) is 3.08. The Morgan fingerprint density at radius 3 is 2.48 bits per heavy atom. The van der Waals surface area contributed by atoms with Crippen LogP contribution in [0.4, 0.5) is 4.79 Å². The lowest BCUT2D eigenvalue weighted by Gasteiger charge is -2.38. The first kappa shape index (κ1) is 19.4. The van der Waals surface area contributed by atoms with Crippen LogP contribution in [0.25, 0.3) is 0 Å². The Kier molecular flexibility index (Phi) is 6.50. The van der Waals surface area contributed by atoms with Gasteiger partial charge in [0, 0.05) is 18.8 Å². The number of piperidine rings is 1. The van der Waals surface area contributed by atoms with Crippen LogP contribution in [0.5, 0.6) is 0 Å². The van der Waals surface area contributed by atoms with Crippen molar-refractivity contribution in [2.75, 3.05) is 32.8 Å². The minimum Gasteiger partial charge on any atom is -0.463 e. The van der Waals surface area contributed by atoms with Crippen molar-refractivity contribution in [2.24, 2.45) is 0 Å². The second kappa shape index (κ2) is 9.04. The molecule has 6 nitrogen and oxygen atoms in total. The van der Waals surface area contributed by atoms with Gasteiger partial charge in [0.05, 0.1) is 18.2 Å². The van der Waals surface area contributed by atoms with Gasteiger partial charge in [0.1, 0.15) is 0 Å². The maximum absolute atomic E-state index is 12.9. The smallest absolute Gasteiger partial charge is 0.338 e. The van der Waals surface area contributed by atoms with E-state index < -0.39 is 6.04 Å². The van der Waals surface area contributed by atoms with Crippen LogP contribution >= 0.6 is 0 Å².